The Morgan fingerprint density at radius 3 is 2.74 bits per heavy atom. The monoisotopic (exact) mass is 337 g/mol. The zero-order chi connectivity index (χ0) is 17.0. The molecule has 128 valence electrons. The summed E-state index contributed by atoms with van der Waals surface area (Å²) in [6, 6.07) is 0.163. The molecule has 0 unspecified atom stereocenters. The van der Waals surface area contributed by atoms with Crippen LogP contribution in [0.2, 0.25) is 0 Å². The van der Waals surface area contributed by atoms with Crippen LogP contribution in [0.5, 0.6) is 0 Å². The molecule has 5 nitrogen and oxygen atoms in total. The maximum absolute atomic E-state index is 12.1. The third-order valence-corrected chi connectivity index (χ3v) is 5.33. The molecule has 0 radical (unpaired) electrons. The molecule has 1 aliphatic rings. The van der Waals surface area contributed by atoms with Crippen molar-refractivity contribution in [2.24, 2.45) is 11.8 Å². The lowest BCUT2D eigenvalue weighted by molar-refractivity contribution is -0.125. The zero-order valence-corrected chi connectivity index (χ0v) is 15.3. The van der Waals surface area contributed by atoms with E-state index in [4.69, 9.17) is 0 Å². The minimum Gasteiger partial charge on any atom is -0.353 e. The van der Waals surface area contributed by atoms with Crippen LogP contribution in [0.3, 0.4) is 0 Å². The highest BCUT2D eigenvalue weighted by Gasteiger charge is 2.26. The average Bonchev–Trinajstić information content (AvgIpc) is 2.94. The van der Waals surface area contributed by atoms with E-state index >= 15 is 0 Å². The molecule has 1 aliphatic carbocycles. The highest BCUT2D eigenvalue weighted by Crippen LogP contribution is 2.27. The number of hydrogen-bond donors (Lipinski definition) is 2. The molecule has 0 aliphatic heterocycles. The van der Waals surface area contributed by atoms with Crippen LogP contribution < -0.4 is 10.6 Å². The third-order valence-electron chi connectivity index (χ3n) is 4.21. The van der Waals surface area contributed by atoms with Crippen molar-refractivity contribution in [1.82, 2.24) is 15.6 Å². The number of rotatable bonds is 6. The van der Waals surface area contributed by atoms with Gasteiger partial charge in [0.2, 0.25) is 5.91 Å². The topological polar surface area (TPSA) is 71.1 Å². The number of aryl methyl sites for hydroxylation is 1. The molecule has 23 heavy (non-hydrogen) atoms. The molecule has 2 rings (SSSR count). The second kappa shape index (κ2) is 7.90. The SMILES string of the molecule is CC[C@H](C)C(=O)N[C@H]1CCc2nc(C(=O)NCC(C)C)sc2C1. The summed E-state index contributed by atoms with van der Waals surface area (Å²) >= 11 is 1.47. The maximum Gasteiger partial charge on any atom is 0.280 e. The Hall–Kier alpha value is -1.43. The number of carbonyl (C=O) groups excluding carboxylic acids is 2. The van der Waals surface area contributed by atoms with E-state index in [1.165, 1.54) is 11.3 Å². The van der Waals surface area contributed by atoms with Gasteiger partial charge in [-0.05, 0) is 25.2 Å². The third kappa shape index (κ3) is 4.77. The van der Waals surface area contributed by atoms with Crippen molar-refractivity contribution in [3.05, 3.63) is 15.6 Å². The number of carbonyl (C=O) groups is 2. The van der Waals surface area contributed by atoms with Crippen LogP contribution in [0.4, 0.5) is 0 Å². The minimum atomic E-state index is -0.0849. The van der Waals surface area contributed by atoms with Crippen molar-refractivity contribution in [2.45, 2.75) is 59.4 Å². The summed E-state index contributed by atoms with van der Waals surface area (Å²) < 4.78 is 0. The van der Waals surface area contributed by atoms with Gasteiger partial charge in [0, 0.05) is 29.8 Å². The fraction of sp³-hybridized carbons (Fsp3) is 0.706. The number of fused-ring (bicyclic) bond motifs is 1. The minimum absolute atomic E-state index is 0.0511. The Labute approximate surface area is 142 Å². The normalized spacial score (nSPS) is 18.4. The summed E-state index contributed by atoms with van der Waals surface area (Å²) in [5.74, 6) is 0.516. The van der Waals surface area contributed by atoms with Crippen molar-refractivity contribution in [3.8, 4) is 0 Å². The highest BCUT2D eigenvalue weighted by molar-refractivity contribution is 7.13. The van der Waals surface area contributed by atoms with Gasteiger partial charge >= 0.3 is 0 Å². The standard InChI is InChI=1S/C17H27N3O2S/c1-5-11(4)15(21)19-12-6-7-13-14(8-12)23-17(20-13)16(22)18-9-10(2)3/h10-12H,5-9H2,1-4H3,(H,18,22)(H,19,21)/t11-,12-/m0/s1. The predicted octanol–water partition coefficient (Wildman–Crippen LogP) is 2.55. The van der Waals surface area contributed by atoms with Crippen molar-refractivity contribution in [1.29, 1.82) is 0 Å². The van der Waals surface area contributed by atoms with Crippen LogP contribution in [0.1, 0.15) is 60.9 Å². The molecule has 1 aromatic heterocycles. The van der Waals surface area contributed by atoms with Crippen LogP contribution in [0.15, 0.2) is 0 Å². The molecule has 1 aromatic rings. The van der Waals surface area contributed by atoms with E-state index in [9.17, 15) is 9.59 Å². The average molecular weight is 337 g/mol. The summed E-state index contributed by atoms with van der Waals surface area (Å²) in [6.45, 7) is 8.77. The van der Waals surface area contributed by atoms with Gasteiger partial charge in [-0.25, -0.2) is 4.98 Å². The van der Waals surface area contributed by atoms with Crippen LogP contribution in [-0.2, 0) is 17.6 Å². The molecule has 0 saturated heterocycles. The van der Waals surface area contributed by atoms with Gasteiger partial charge in [0.25, 0.3) is 5.91 Å². The number of hydrogen-bond acceptors (Lipinski definition) is 4. The van der Waals surface area contributed by atoms with Gasteiger partial charge in [-0.1, -0.05) is 27.7 Å². The van der Waals surface area contributed by atoms with E-state index in [1.807, 2.05) is 13.8 Å². The van der Waals surface area contributed by atoms with Gasteiger partial charge in [0.05, 0.1) is 5.69 Å². The molecule has 0 spiro atoms. The fourth-order valence-corrected chi connectivity index (χ4v) is 3.60. The lowest BCUT2D eigenvalue weighted by Gasteiger charge is -2.23. The first kappa shape index (κ1) is 17.9. The molecule has 0 aromatic carbocycles. The van der Waals surface area contributed by atoms with Gasteiger partial charge in [-0.15, -0.1) is 11.3 Å². The van der Waals surface area contributed by atoms with Crippen molar-refractivity contribution < 1.29 is 9.59 Å². The van der Waals surface area contributed by atoms with Crippen LogP contribution >= 0.6 is 11.3 Å². The molecule has 1 heterocycles. The Morgan fingerprint density at radius 2 is 2.09 bits per heavy atom. The first-order chi connectivity index (χ1) is 10.9. The lowest BCUT2D eigenvalue weighted by Crippen LogP contribution is -2.41. The summed E-state index contributed by atoms with van der Waals surface area (Å²) in [4.78, 5) is 29.8. The quantitative estimate of drug-likeness (QED) is 0.838. The van der Waals surface area contributed by atoms with E-state index in [1.54, 1.807) is 0 Å². The van der Waals surface area contributed by atoms with E-state index in [0.29, 0.717) is 17.5 Å². The van der Waals surface area contributed by atoms with Crippen LogP contribution in [-0.4, -0.2) is 29.4 Å². The number of thiazole rings is 1. The molecule has 2 N–H and O–H groups in total. The highest BCUT2D eigenvalue weighted by atomic mass is 32.1. The summed E-state index contributed by atoms with van der Waals surface area (Å²) in [5, 5.41) is 6.59. The van der Waals surface area contributed by atoms with Gasteiger partial charge < -0.3 is 10.6 Å². The molecule has 0 saturated carbocycles. The second-order valence-electron chi connectivity index (χ2n) is 6.75. The van der Waals surface area contributed by atoms with E-state index in [0.717, 1.165) is 36.3 Å². The van der Waals surface area contributed by atoms with Gasteiger partial charge in [0.1, 0.15) is 0 Å². The molecule has 0 bridgehead atoms. The maximum atomic E-state index is 12.1. The molecular weight excluding hydrogens is 310 g/mol. The second-order valence-corrected chi connectivity index (χ2v) is 7.83. The van der Waals surface area contributed by atoms with Gasteiger partial charge in [-0.3, -0.25) is 9.59 Å². The molecule has 2 amide bonds. The fourth-order valence-electron chi connectivity index (χ4n) is 2.50. The molecule has 6 heteroatoms. The van der Waals surface area contributed by atoms with E-state index in [-0.39, 0.29) is 23.8 Å². The molecular formula is C17H27N3O2S. The van der Waals surface area contributed by atoms with Gasteiger partial charge in [0.15, 0.2) is 5.01 Å². The van der Waals surface area contributed by atoms with E-state index < -0.39 is 0 Å². The first-order valence-corrected chi connectivity index (χ1v) is 9.29. The number of nitrogens with one attached hydrogen (secondary N) is 2. The first-order valence-electron chi connectivity index (χ1n) is 8.47. The molecule has 2 atom stereocenters. The van der Waals surface area contributed by atoms with Crippen molar-refractivity contribution >= 4 is 23.2 Å². The zero-order valence-electron chi connectivity index (χ0n) is 14.4. The predicted molar refractivity (Wildman–Crippen MR) is 92.7 cm³/mol. The summed E-state index contributed by atoms with van der Waals surface area (Å²) in [6.07, 6.45) is 3.36. The summed E-state index contributed by atoms with van der Waals surface area (Å²) in [5.41, 5.74) is 1.03. The van der Waals surface area contributed by atoms with Gasteiger partial charge in [-0.2, -0.15) is 0 Å². The number of nitrogens with zero attached hydrogens (tertiary/aromatic N) is 1. The lowest BCUT2D eigenvalue weighted by atomic mass is 9.96. The Kier molecular flexibility index (Phi) is 6.16. The van der Waals surface area contributed by atoms with Crippen molar-refractivity contribution in [2.75, 3.05) is 6.54 Å². The number of aromatic nitrogens is 1. The Balaban J connectivity index is 1.96. The van der Waals surface area contributed by atoms with Crippen molar-refractivity contribution in [3.63, 3.8) is 0 Å². The van der Waals surface area contributed by atoms with E-state index in [2.05, 4.69) is 29.5 Å². The Bertz CT molecular complexity index is 568. The number of amides is 2. The largest absolute Gasteiger partial charge is 0.353 e. The molecule has 0 fully saturated rings. The smallest absolute Gasteiger partial charge is 0.280 e. The Morgan fingerprint density at radius 1 is 1.35 bits per heavy atom. The summed E-state index contributed by atoms with van der Waals surface area (Å²) in [7, 11) is 0. The van der Waals surface area contributed by atoms with Crippen LogP contribution in [0, 0.1) is 11.8 Å². The van der Waals surface area contributed by atoms with Crippen LogP contribution in [0.25, 0.3) is 0 Å².